The lowest BCUT2D eigenvalue weighted by Gasteiger charge is -2.36. The molecule has 10 heteroatoms. The highest BCUT2D eigenvalue weighted by Gasteiger charge is 2.20. The minimum absolute atomic E-state index is 0. The highest BCUT2D eigenvalue weighted by molar-refractivity contribution is 14.0. The third kappa shape index (κ3) is 7.59. The molecule has 2 N–H and O–H groups in total. The van der Waals surface area contributed by atoms with Crippen molar-refractivity contribution in [2.75, 3.05) is 45.8 Å². The van der Waals surface area contributed by atoms with Crippen LogP contribution in [0.3, 0.4) is 0 Å². The molecule has 8 nitrogen and oxygen atoms in total. The van der Waals surface area contributed by atoms with Crippen LogP contribution in [0.25, 0.3) is 0 Å². The molecule has 0 aliphatic carbocycles. The van der Waals surface area contributed by atoms with Crippen molar-refractivity contribution in [2.24, 2.45) is 4.99 Å². The third-order valence-corrected chi connectivity index (χ3v) is 5.38. The van der Waals surface area contributed by atoms with Crippen LogP contribution in [0.15, 0.2) is 39.4 Å². The molecule has 0 aromatic carbocycles. The molecule has 0 atom stereocenters. The molecule has 1 saturated heterocycles. The number of nitrogens with one attached hydrogen (secondary N) is 2. The fraction of sp³-hybridized carbons (Fsp3) is 0.526. The highest BCUT2D eigenvalue weighted by atomic mass is 127. The van der Waals surface area contributed by atoms with Crippen molar-refractivity contribution < 1.29 is 9.32 Å². The van der Waals surface area contributed by atoms with E-state index in [0.29, 0.717) is 13.1 Å². The van der Waals surface area contributed by atoms with E-state index in [-0.39, 0.29) is 29.9 Å². The van der Waals surface area contributed by atoms with Gasteiger partial charge < -0.3 is 20.1 Å². The Morgan fingerprint density at radius 3 is 2.76 bits per heavy atom. The number of hydrogen-bond donors (Lipinski definition) is 2. The smallest absolute Gasteiger partial charge is 0.261 e. The highest BCUT2D eigenvalue weighted by Crippen LogP contribution is 2.08. The van der Waals surface area contributed by atoms with Gasteiger partial charge in [-0.25, -0.2) is 0 Å². The van der Waals surface area contributed by atoms with Gasteiger partial charge in [-0.1, -0.05) is 11.2 Å². The number of nitrogens with zero attached hydrogens (tertiary/aromatic N) is 4. The summed E-state index contributed by atoms with van der Waals surface area (Å²) < 4.78 is 4.91. The Labute approximate surface area is 192 Å². The van der Waals surface area contributed by atoms with Crippen LogP contribution < -0.4 is 10.6 Å². The van der Waals surface area contributed by atoms with E-state index < -0.39 is 0 Å². The minimum Gasteiger partial charge on any atom is -0.364 e. The Hall–Kier alpha value is -1.66. The number of rotatable bonds is 8. The first kappa shape index (κ1) is 23.6. The molecule has 2 aromatic rings. The molecule has 1 aliphatic rings. The second-order valence-corrected chi connectivity index (χ2v) is 7.52. The second-order valence-electron chi connectivity index (χ2n) is 6.58. The molecule has 0 saturated carbocycles. The van der Waals surface area contributed by atoms with Gasteiger partial charge in [-0.3, -0.25) is 14.7 Å². The monoisotopic (exact) mass is 532 g/mol. The molecule has 1 fully saturated rings. The number of aliphatic imine (C=N–C) groups is 1. The van der Waals surface area contributed by atoms with Gasteiger partial charge in [-0.15, -0.1) is 35.3 Å². The summed E-state index contributed by atoms with van der Waals surface area (Å²) in [5, 5.41) is 12.2. The molecule has 0 spiro atoms. The lowest BCUT2D eigenvalue weighted by atomic mass is 10.3. The first-order valence-electron chi connectivity index (χ1n) is 9.73. The largest absolute Gasteiger partial charge is 0.364 e. The van der Waals surface area contributed by atoms with Crippen LogP contribution in [0.4, 0.5) is 0 Å². The van der Waals surface area contributed by atoms with Gasteiger partial charge in [-0.2, -0.15) is 0 Å². The van der Waals surface area contributed by atoms with Crippen molar-refractivity contribution in [1.82, 2.24) is 25.6 Å². The van der Waals surface area contributed by atoms with E-state index in [1.165, 1.54) is 11.3 Å². The quantitative estimate of drug-likeness (QED) is 0.235. The Bertz CT molecular complexity index is 730. The maximum Gasteiger partial charge on any atom is 0.261 e. The molecule has 1 aliphatic heterocycles. The minimum atomic E-state index is -0.00544. The summed E-state index contributed by atoms with van der Waals surface area (Å²) in [6.45, 7) is 8.85. The normalized spacial score (nSPS) is 15.1. The summed E-state index contributed by atoms with van der Waals surface area (Å²) in [7, 11) is 0. The SMILES string of the molecule is CCNC(=NCCCNC(=O)c1cccs1)N1CCN(Cc2ccon2)CC1.I. The second kappa shape index (κ2) is 12.8. The Kier molecular flexibility index (Phi) is 10.4. The van der Waals surface area contributed by atoms with Crippen molar-refractivity contribution in [3.05, 3.63) is 40.4 Å². The Morgan fingerprint density at radius 1 is 1.28 bits per heavy atom. The van der Waals surface area contributed by atoms with E-state index in [1.807, 2.05) is 23.6 Å². The van der Waals surface area contributed by atoms with E-state index in [0.717, 1.165) is 62.2 Å². The van der Waals surface area contributed by atoms with E-state index in [9.17, 15) is 4.79 Å². The molecule has 3 heterocycles. The lowest BCUT2D eigenvalue weighted by Crippen LogP contribution is -2.52. The molecule has 0 radical (unpaired) electrons. The lowest BCUT2D eigenvalue weighted by molar-refractivity contribution is 0.0957. The molecule has 0 unspecified atom stereocenters. The molecule has 29 heavy (non-hydrogen) atoms. The molecule has 1 amide bonds. The van der Waals surface area contributed by atoms with Gasteiger partial charge in [0.1, 0.15) is 6.26 Å². The van der Waals surface area contributed by atoms with Gasteiger partial charge >= 0.3 is 0 Å². The molecule has 160 valence electrons. The Balaban J connectivity index is 0.00000300. The molecular formula is C19H29IN6O2S. The van der Waals surface area contributed by atoms with E-state index >= 15 is 0 Å². The maximum atomic E-state index is 11.9. The number of carbonyl (C=O) groups excluding carboxylic acids is 1. The van der Waals surface area contributed by atoms with E-state index in [2.05, 4.69) is 32.5 Å². The van der Waals surface area contributed by atoms with Crippen LogP contribution in [0.5, 0.6) is 0 Å². The summed E-state index contributed by atoms with van der Waals surface area (Å²) in [6.07, 6.45) is 2.43. The number of hydrogen-bond acceptors (Lipinski definition) is 6. The van der Waals surface area contributed by atoms with Gasteiger partial charge in [0.15, 0.2) is 5.96 Å². The van der Waals surface area contributed by atoms with Crippen molar-refractivity contribution in [1.29, 1.82) is 0 Å². The van der Waals surface area contributed by atoms with Crippen LogP contribution in [0.2, 0.25) is 0 Å². The third-order valence-electron chi connectivity index (χ3n) is 4.51. The number of aromatic nitrogens is 1. The van der Waals surface area contributed by atoms with Gasteiger partial charge in [0.2, 0.25) is 0 Å². The summed E-state index contributed by atoms with van der Waals surface area (Å²) in [6, 6.07) is 5.64. The number of guanidine groups is 1. The standard InChI is InChI=1S/C19H28N6O2S.HI/c1-2-20-19(22-8-4-7-21-18(26)17-5-3-14-28-17)25-11-9-24(10-12-25)15-16-6-13-27-23-16;/h3,5-6,13-14H,2,4,7-12,15H2,1H3,(H,20,22)(H,21,26);1H. The molecule has 0 bridgehead atoms. The number of amides is 1. The van der Waals surface area contributed by atoms with Crippen LogP contribution in [-0.2, 0) is 6.54 Å². The van der Waals surface area contributed by atoms with Gasteiger partial charge in [0.25, 0.3) is 5.91 Å². The van der Waals surface area contributed by atoms with Crippen molar-refractivity contribution >= 4 is 47.2 Å². The number of halogens is 1. The summed E-state index contributed by atoms with van der Waals surface area (Å²) >= 11 is 1.46. The summed E-state index contributed by atoms with van der Waals surface area (Å²) in [5.74, 6) is 0.947. The topological polar surface area (TPSA) is 86.0 Å². The molecular weight excluding hydrogens is 503 g/mol. The predicted octanol–water partition coefficient (Wildman–Crippen LogP) is 2.26. The van der Waals surface area contributed by atoms with Gasteiger partial charge in [0.05, 0.1) is 10.6 Å². The van der Waals surface area contributed by atoms with Crippen molar-refractivity contribution in [3.8, 4) is 0 Å². The first-order chi connectivity index (χ1) is 13.8. The average Bonchev–Trinajstić information content (AvgIpc) is 3.42. The van der Waals surface area contributed by atoms with Crippen LogP contribution in [-0.4, -0.2) is 72.6 Å². The molecule has 3 rings (SSSR count). The Morgan fingerprint density at radius 2 is 2.10 bits per heavy atom. The predicted molar refractivity (Wildman–Crippen MR) is 126 cm³/mol. The zero-order valence-electron chi connectivity index (χ0n) is 16.7. The van der Waals surface area contributed by atoms with E-state index in [1.54, 1.807) is 6.26 Å². The van der Waals surface area contributed by atoms with Gasteiger partial charge in [0, 0.05) is 58.4 Å². The van der Waals surface area contributed by atoms with Gasteiger partial charge in [-0.05, 0) is 24.8 Å². The zero-order chi connectivity index (χ0) is 19.6. The maximum absolute atomic E-state index is 11.9. The fourth-order valence-electron chi connectivity index (χ4n) is 3.05. The van der Waals surface area contributed by atoms with Crippen LogP contribution >= 0.6 is 35.3 Å². The zero-order valence-corrected chi connectivity index (χ0v) is 19.8. The van der Waals surface area contributed by atoms with E-state index in [4.69, 9.17) is 9.52 Å². The fourth-order valence-corrected chi connectivity index (χ4v) is 3.69. The summed E-state index contributed by atoms with van der Waals surface area (Å²) in [4.78, 5) is 22.1. The van der Waals surface area contributed by atoms with Crippen molar-refractivity contribution in [3.63, 3.8) is 0 Å². The number of piperazine rings is 1. The number of thiophene rings is 1. The molecule has 2 aromatic heterocycles. The summed E-state index contributed by atoms with van der Waals surface area (Å²) in [5.41, 5.74) is 0.971. The number of carbonyl (C=O) groups is 1. The average molecular weight is 532 g/mol. The van der Waals surface area contributed by atoms with Crippen LogP contribution in [0, 0.1) is 0 Å². The van der Waals surface area contributed by atoms with Crippen LogP contribution in [0.1, 0.15) is 28.7 Å². The first-order valence-corrected chi connectivity index (χ1v) is 10.6. The van der Waals surface area contributed by atoms with Crippen molar-refractivity contribution in [2.45, 2.75) is 19.9 Å².